The lowest BCUT2D eigenvalue weighted by Gasteiger charge is -2.33. The average molecular weight is 352 g/mol. The van der Waals surface area contributed by atoms with Crippen LogP contribution in [0.4, 0.5) is 0 Å². The van der Waals surface area contributed by atoms with Crippen LogP contribution in [0.25, 0.3) is 0 Å². The van der Waals surface area contributed by atoms with E-state index < -0.39 is 5.41 Å². The molecular formula is C21H20O5. The second kappa shape index (κ2) is 6.48. The smallest absolute Gasteiger partial charge is 0.338 e. The van der Waals surface area contributed by atoms with Gasteiger partial charge in [-0.3, -0.25) is 0 Å². The van der Waals surface area contributed by atoms with Crippen LogP contribution in [0.15, 0.2) is 64.5 Å². The van der Waals surface area contributed by atoms with E-state index in [4.69, 9.17) is 13.9 Å². The van der Waals surface area contributed by atoms with Crippen molar-refractivity contribution in [1.82, 2.24) is 0 Å². The monoisotopic (exact) mass is 352 g/mol. The maximum atomic E-state index is 12.6. The van der Waals surface area contributed by atoms with Crippen molar-refractivity contribution in [1.29, 1.82) is 0 Å². The molecule has 1 aromatic carbocycles. The number of hydrogen-bond acceptors (Lipinski definition) is 5. The van der Waals surface area contributed by atoms with Gasteiger partial charge < -0.3 is 13.9 Å². The van der Waals surface area contributed by atoms with Gasteiger partial charge in [-0.1, -0.05) is 25.1 Å². The second-order valence-corrected chi connectivity index (χ2v) is 7.03. The van der Waals surface area contributed by atoms with E-state index in [-0.39, 0.29) is 24.6 Å². The summed E-state index contributed by atoms with van der Waals surface area (Å²) in [6, 6.07) is 10.7. The number of benzene rings is 1. The normalized spacial score (nSPS) is 25.0. The summed E-state index contributed by atoms with van der Waals surface area (Å²) in [6.07, 6.45) is 5.35. The first-order valence-corrected chi connectivity index (χ1v) is 8.77. The quantitative estimate of drug-likeness (QED) is 0.771. The maximum Gasteiger partial charge on any atom is 0.338 e. The van der Waals surface area contributed by atoms with Crippen molar-refractivity contribution in [3.63, 3.8) is 0 Å². The third-order valence-corrected chi connectivity index (χ3v) is 5.34. The van der Waals surface area contributed by atoms with Crippen LogP contribution >= 0.6 is 0 Å². The minimum atomic E-state index is -0.423. The highest BCUT2D eigenvalue weighted by molar-refractivity contribution is 5.94. The molecule has 0 unspecified atom stereocenters. The number of hydrogen-bond donors (Lipinski definition) is 0. The third kappa shape index (κ3) is 2.73. The van der Waals surface area contributed by atoms with Crippen molar-refractivity contribution in [3.8, 4) is 0 Å². The zero-order valence-electron chi connectivity index (χ0n) is 14.6. The van der Waals surface area contributed by atoms with E-state index in [0.29, 0.717) is 11.1 Å². The van der Waals surface area contributed by atoms with Crippen LogP contribution in [-0.2, 0) is 14.3 Å². The van der Waals surface area contributed by atoms with Gasteiger partial charge in [0.2, 0.25) is 0 Å². The molecule has 5 heteroatoms. The zero-order valence-corrected chi connectivity index (χ0v) is 14.6. The molecule has 0 bridgehead atoms. The van der Waals surface area contributed by atoms with Crippen molar-refractivity contribution in [2.24, 2.45) is 5.41 Å². The van der Waals surface area contributed by atoms with Crippen molar-refractivity contribution in [3.05, 3.63) is 71.2 Å². The van der Waals surface area contributed by atoms with Crippen LogP contribution in [0.2, 0.25) is 0 Å². The fraction of sp³-hybridized carbons (Fsp3) is 0.333. The number of cyclic esters (lactones) is 1. The molecule has 1 saturated heterocycles. The van der Waals surface area contributed by atoms with Crippen molar-refractivity contribution in [2.75, 3.05) is 6.61 Å². The standard InChI is InChI=1S/C21H20O5/c1-21-10-5-8-15(13-25-19(22)14-6-3-2-4-7-14)17(21)20(23)26-18(21)16-9-11-24-12-16/h2-4,6-7,9,11-12,18H,5,8,10,13H2,1H3/t18-,21+/m0/s1. The van der Waals surface area contributed by atoms with Crippen LogP contribution in [0, 0.1) is 5.41 Å². The molecule has 0 N–H and O–H groups in total. The highest BCUT2D eigenvalue weighted by Crippen LogP contribution is 2.55. The van der Waals surface area contributed by atoms with E-state index in [9.17, 15) is 9.59 Å². The van der Waals surface area contributed by atoms with Crippen molar-refractivity contribution >= 4 is 11.9 Å². The molecule has 1 fully saturated rings. The molecule has 1 aliphatic heterocycles. The van der Waals surface area contributed by atoms with Gasteiger partial charge in [-0.2, -0.15) is 0 Å². The van der Waals surface area contributed by atoms with Gasteiger partial charge in [0.1, 0.15) is 12.7 Å². The Labute approximate surface area is 151 Å². The molecule has 5 nitrogen and oxygen atoms in total. The molecule has 2 aliphatic rings. The van der Waals surface area contributed by atoms with E-state index in [0.717, 1.165) is 30.4 Å². The Hall–Kier alpha value is -2.82. The highest BCUT2D eigenvalue weighted by atomic mass is 16.6. The largest absolute Gasteiger partial charge is 0.472 e. The molecule has 0 radical (unpaired) electrons. The van der Waals surface area contributed by atoms with Gasteiger partial charge in [-0.15, -0.1) is 0 Å². The van der Waals surface area contributed by atoms with Crippen molar-refractivity contribution < 1.29 is 23.5 Å². The molecule has 0 spiro atoms. The summed E-state index contributed by atoms with van der Waals surface area (Å²) in [5, 5.41) is 0. The maximum absolute atomic E-state index is 12.6. The number of esters is 2. The van der Waals surface area contributed by atoms with Crippen LogP contribution in [0.3, 0.4) is 0 Å². The fourth-order valence-electron chi connectivity index (χ4n) is 4.07. The Morgan fingerprint density at radius 3 is 2.81 bits per heavy atom. The third-order valence-electron chi connectivity index (χ3n) is 5.34. The molecular weight excluding hydrogens is 332 g/mol. The van der Waals surface area contributed by atoms with Gasteiger partial charge in [0.05, 0.1) is 18.1 Å². The minimum absolute atomic E-state index is 0.117. The Bertz CT molecular complexity index is 850. The molecule has 0 saturated carbocycles. The Kier molecular flexibility index (Phi) is 4.15. The zero-order chi connectivity index (χ0) is 18.1. The molecule has 1 aliphatic carbocycles. The number of rotatable bonds is 4. The van der Waals surface area contributed by atoms with Gasteiger partial charge in [0.15, 0.2) is 0 Å². The van der Waals surface area contributed by atoms with Gasteiger partial charge in [0.25, 0.3) is 0 Å². The summed E-state index contributed by atoms with van der Waals surface area (Å²) in [7, 11) is 0. The molecule has 2 atom stereocenters. The summed E-state index contributed by atoms with van der Waals surface area (Å²) in [4.78, 5) is 24.8. The lowest BCUT2D eigenvalue weighted by Crippen LogP contribution is -2.28. The predicted octanol–water partition coefficient (Wildman–Crippen LogP) is 4.22. The second-order valence-electron chi connectivity index (χ2n) is 7.03. The molecule has 0 amide bonds. The van der Waals surface area contributed by atoms with Gasteiger partial charge in [0, 0.05) is 16.6 Å². The summed E-state index contributed by atoms with van der Waals surface area (Å²) in [6.45, 7) is 2.16. The molecule has 1 aromatic heterocycles. The number of fused-ring (bicyclic) bond motifs is 1. The summed E-state index contributed by atoms with van der Waals surface area (Å²) in [5.41, 5.74) is 2.46. The number of carbonyl (C=O) groups is 2. The van der Waals surface area contributed by atoms with Crippen molar-refractivity contribution in [2.45, 2.75) is 32.3 Å². The van der Waals surface area contributed by atoms with E-state index in [2.05, 4.69) is 0 Å². The summed E-state index contributed by atoms with van der Waals surface area (Å²) < 4.78 is 16.3. The summed E-state index contributed by atoms with van der Waals surface area (Å²) >= 11 is 0. The first-order valence-electron chi connectivity index (χ1n) is 8.77. The van der Waals surface area contributed by atoms with Gasteiger partial charge in [-0.25, -0.2) is 9.59 Å². The van der Waals surface area contributed by atoms with E-state index >= 15 is 0 Å². The molecule has 2 aromatic rings. The Morgan fingerprint density at radius 1 is 1.27 bits per heavy atom. The first kappa shape index (κ1) is 16.6. The van der Waals surface area contributed by atoms with Crippen LogP contribution < -0.4 is 0 Å². The lowest BCUT2D eigenvalue weighted by molar-refractivity contribution is -0.140. The van der Waals surface area contributed by atoms with Gasteiger partial charge in [-0.05, 0) is 43.0 Å². The fourth-order valence-corrected chi connectivity index (χ4v) is 4.07. The van der Waals surface area contributed by atoms with Crippen LogP contribution in [0.5, 0.6) is 0 Å². The predicted molar refractivity (Wildman–Crippen MR) is 93.2 cm³/mol. The summed E-state index contributed by atoms with van der Waals surface area (Å²) in [5.74, 6) is -0.701. The molecule has 134 valence electrons. The van der Waals surface area contributed by atoms with Crippen LogP contribution in [-0.4, -0.2) is 18.5 Å². The molecule has 26 heavy (non-hydrogen) atoms. The van der Waals surface area contributed by atoms with Crippen LogP contribution in [0.1, 0.15) is 48.2 Å². The Morgan fingerprint density at radius 2 is 2.08 bits per heavy atom. The minimum Gasteiger partial charge on any atom is -0.472 e. The lowest BCUT2D eigenvalue weighted by atomic mass is 9.68. The molecule has 2 heterocycles. The average Bonchev–Trinajstić information content (AvgIpc) is 3.27. The van der Waals surface area contributed by atoms with E-state index in [1.165, 1.54) is 0 Å². The Balaban J connectivity index is 1.59. The number of ether oxygens (including phenoxy) is 2. The van der Waals surface area contributed by atoms with E-state index in [1.807, 2.05) is 19.1 Å². The van der Waals surface area contributed by atoms with E-state index in [1.54, 1.807) is 36.8 Å². The van der Waals surface area contributed by atoms with Gasteiger partial charge >= 0.3 is 11.9 Å². The first-order chi connectivity index (χ1) is 12.6. The number of carbonyl (C=O) groups excluding carboxylic acids is 2. The SMILES string of the molecule is C[C@@]12CCCC(COC(=O)c3ccccc3)=C1C(=O)O[C@H]2c1ccoc1. The molecule has 4 rings (SSSR count). The topological polar surface area (TPSA) is 65.7 Å². The number of furan rings is 1. The highest BCUT2D eigenvalue weighted by Gasteiger charge is 2.53.